The van der Waals surface area contributed by atoms with E-state index < -0.39 is 10.0 Å². The van der Waals surface area contributed by atoms with Gasteiger partial charge < -0.3 is 0 Å². The van der Waals surface area contributed by atoms with Crippen LogP contribution >= 0.6 is 0 Å². The molecule has 1 aliphatic heterocycles. The first-order valence-electron chi connectivity index (χ1n) is 11.9. The molecule has 2 aliphatic rings. The van der Waals surface area contributed by atoms with Crippen LogP contribution in [0.15, 0.2) is 71.8 Å². The number of rotatable bonds is 5. The molecule has 6 rings (SSSR count). The summed E-state index contributed by atoms with van der Waals surface area (Å²) in [5.74, 6) is 0.717. The van der Waals surface area contributed by atoms with Crippen LogP contribution in [-0.4, -0.2) is 50.6 Å². The Kier molecular flexibility index (Phi) is 5.46. The number of hydrogen-bond donors (Lipinski definition) is 0. The van der Waals surface area contributed by atoms with Crippen molar-refractivity contribution in [3.05, 3.63) is 88.9 Å². The van der Waals surface area contributed by atoms with E-state index in [2.05, 4.69) is 27.3 Å². The molecular weight excluding hydrogens is 460 g/mol. The molecular formula is C26H26N6O2S. The third-order valence-electron chi connectivity index (χ3n) is 6.88. The lowest BCUT2D eigenvalue weighted by Gasteiger charge is -2.24. The molecule has 0 N–H and O–H groups in total. The van der Waals surface area contributed by atoms with E-state index >= 15 is 0 Å². The van der Waals surface area contributed by atoms with Crippen LogP contribution in [0.3, 0.4) is 0 Å². The average molecular weight is 487 g/mol. The maximum Gasteiger partial charge on any atom is 0.242 e. The summed E-state index contributed by atoms with van der Waals surface area (Å²) in [5.41, 5.74) is 3.61. The van der Waals surface area contributed by atoms with E-state index in [0.29, 0.717) is 30.1 Å². The summed E-state index contributed by atoms with van der Waals surface area (Å²) in [7, 11) is -3.43. The maximum absolute atomic E-state index is 13.0. The molecule has 178 valence electrons. The number of pyridine rings is 1. The number of allylic oxidation sites excluding steroid dienone is 3. The molecule has 8 nitrogen and oxygen atoms in total. The third-order valence-corrected chi connectivity index (χ3v) is 8.80. The molecule has 35 heavy (non-hydrogen) atoms. The number of sulfonamides is 1. The molecule has 1 fully saturated rings. The summed E-state index contributed by atoms with van der Waals surface area (Å²) in [5, 5.41) is 14.6. The number of fused-ring (bicyclic) bond motifs is 2. The average Bonchev–Trinajstić information content (AvgIpc) is 3.55. The van der Waals surface area contributed by atoms with Crippen molar-refractivity contribution in [1.29, 1.82) is 0 Å². The molecule has 2 unspecified atom stereocenters. The van der Waals surface area contributed by atoms with E-state index in [0.717, 1.165) is 40.8 Å². The van der Waals surface area contributed by atoms with Crippen molar-refractivity contribution >= 4 is 26.6 Å². The second kappa shape index (κ2) is 8.66. The Morgan fingerprint density at radius 3 is 2.74 bits per heavy atom. The van der Waals surface area contributed by atoms with Gasteiger partial charge >= 0.3 is 0 Å². The zero-order valence-corrected chi connectivity index (χ0v) is 20.3. The Labute approximate surface area is 204 Å². The summed E-state index contributed by atoms with van der Waals surface area (Å²) in [6.07, 6.45) is 9.80. The molecule has 0 amide bonds. The van der Waals surface area contributed by atoms with Gasteiger partial charge in [0.2, 0.25) is 10.0 Å². The second-order valence-corrected chi connectivity index (χ2v) is 11.2. The van der Waals surface area contributed by atoms with Gasteiger partial charge in [-0.1, -0.05) is 31.2 Å². The van der Waals surface area contributed by atoms with Crippen LogP contribution < -0.4 is 0 Å². The molecule has 0 saturated carbocycles. The molecule has 1 saturated heterocycles. The van der Waals surface area contributed by atoms with Crippen LogP contribution in [0.25, 0.3) is 16.6 Å². The number of aromatic nitrogens is 5. The van der Waals surface area contributed by atoms with Crippen LogP contribution in [0, 0.1) is 5.92 Å². The van der Waals surface area contributed by atoms with Gasteiger partial charge in [-0.15, -0.1) is 10.2 Å². The van der Waals surface area contributed by atoms with Gasteiger partial charge in [0.05, 0.1) is 16.1 Å². The highest BCUT2D eigenvalue weighted by molar-refractivity contribution is 7.93. The minimum atomic E-state index is -3.43. The van der Waals surface area contributed by atoms with Crippen molar-refractivity contribution in [2.24, 2.45) is 5.92 Å². The highest BCUT2D eigenvalue weighted by atomic mass is 32.2. The van der Waals surface area contributed by atoms with Crippen LogP contribution in [0.5, 0.6) is 0 Å². The molecule has 9 heteroatoms. The molecule has 1 aromatic carbocycles. The van der Waals surface area contributed by atoms with E-state index in [4.69, 9.17) is 5.10 Å². The second-order valence-electron chi connectivity index (χ2n) is 9.28. The topological polar surface area (TPSA) is 93.4 Å². The standard InChI is InChI=1S/C26H26N6O2S/c1-18-15-21(35(33,34)31-13-2-3-14-31)7-8-22(18)24-10-11-25-28-29-26(32(25)30-24)17-19-6-9-23-20(16-19)5-4-12-27-23/h4-12,15-16,18,22H,2-3,13-14,17H2,1H3. The lowest BCUT2D eigenvalue weighted by atomic mass is 9.87. The van der Waals surface area contributed by atoms with Crippen molar-refractivity contribution in [1.82, 2.24) is 29.1 Å². The quantitative estimate of drug-likeness (QED) is 0.425. The third kappa shape index (κ3) is 4.04. The predicted molar refractivity (Wildman–Crippen MR) is 134 cm³/mol. The van der Waals surface area contributed by atoms with Gasteiger partial charge in [-0.2, -0.15) is 13.9 Å². The fraction of sp³-hybridized carbons (Fsp3) is 0.308. The van der Waals surface area contributed by atoms with Crippen molar-refractivity contribution in [3.63, 3.8) is 0 Å². The molecule has 0 radical (unpaired) electrons. The SMILES string of the molecule is CC1C=C(S(=O)(=O)N2CCCC2)C=CC1c1ccc2nnc(Cc3ccc4ncccc4c3)n2n1. The van der Waals surface area contributed by atoms with Gasteiger partial charge in [0.15, 0.2) is 11.5 Å². The highest BCUT2D eigenvalue weighted by Crippen LogP contribution is 2.34. The van der Waals surface area contributed by atoms with Gasteiger partial charge in [-0.05, 0) is 60.7 Å². The zero-order chi connectivity index (χ0) is 24.0. The Morgan fingerprint density at radius 1 is 1.06 bits per heavy atom. The lowest BCUT2D eigenvalue weighted by molar-refractivity contribution is 0.483. The predicted octanol–water partition coefficient (Wildman–Crippen LogP) is 3.86. The minimum absolute atomic E-state index is 0.00903. The van der Waals surface area contributed by atoms with E-state index in [1.807, 2.05) is 49.4 Å². The van der Waals surface area contributed by atoms with Gasteiger partial charge in [0.25, 0.3) is 0 Å². The van der Waals surface area contributed by atoms with Crippen LogP contribution in [0.1, 0.15) is 42.8 Å². The highest BCUT2D eigenvalue weighted by Gasteiger charge is 2.31. The molecule has 1 aliphatic carbocycles. The first-order chi connectivity index (χ1) is 17.0. The molecule has 4 heterocycles. The molecule has 2 atom stereocenters. The molecule has 0 bridgehead atoms. The lowest BCUT2D eigenvalue weighted by Crippen LogP contribution is -2.29. The number of benzene rings is 1. The van der Waals surface area contributed by atoms with Crippen molar-refractivity contribution in [2.45, 2.75) is 32.1 Å². The van der Waals surface area contributed by atoms with Gasteiger partial charge in [0, 0.05) is 37.0 Å². The number of nitrogens with zero attached hydrogens (tertiary/aromatic N) is 6. The van der Waals surface area contributed by atoms with E-state index in [9.17, 15) is 8.42 Å². The van der Waals surface area contributed by atoms with Crippen molar-refractivity contribution in [2.75, 3.05) is 13.1 Å². The fourth-order valence-electron chi connectivity index (χ4n) is 4.96. The summed E-state index contributed by atoms with van der Waals surface area (Å²) in [6, 6.07) is 14.0. The summed E-state index contributed by atoms with van der Waals surface area (Å²) >= 11 is 0. The Balaban J connectivity index is 1.27. The van der Waals surface area contributed by atoms with Crippen LogP contribution in [0.4, 0.5) is 0 Å². The van der Waals surface area contributed by atoms with E-state index in [1.54, 1.807) is 21.1 Å². The minimum Gasteiger partial charge on any atom is -0.256 e. The van der Waals surface area contributed by atoms with Crippen LogP contribution in [-0.2, 0) is 16.4 Å². The van der Waals surface area contributed by atoms with Crippen molar-refractivity contribution in [3.8, 4) is 0 Å². The first-order valence-corrected chi connectivity index (χ1v) is 13.4. The maximum atomic E-state index is 13.0. The summed E-state index contributed by atoms with van der Waals surface area (Å²) in [4.78, 5) is 4.77. The molecule has 4 aromatic rings. The van der Waals surface area contributed by atoms with E-state index in [1.165, 1.54) is 0 Å². The van der Waals surface area contributed by atoms with Gasteiger partial charge in [-0.25, -0.2) is 8.42 Å². The largest absolute Gasteiger partial charge is 0.256 e. The summed E-state index contributed by atoms with van der Waals surface area (Å²) < 4.78 is 29.4. The normalized spacial score (nSPS) is 21.1. The first kappa shape index (κ1) is 22.1. The van der Waals surface area contributed by atoms with Gasteiger partial charge in [-0.3, -0.25) is 4.98 Å². The van der Waals surface area contributed by atoms with Crippen LogP contribution in [0.2, 0.25) is 0 Å². The zero-order valence-electron chi connectivity index (χ0n) is 19.4. The Bertz CT molecular complexity index is 1580. The number of hydrogen-bond acceptors (Lipinski definition) is 6. The van der Waals surface area contributed by atoms with E-state index in [-0.39, 0.29) is 11.8 Å². The summed E-state index contributed by atoms with van der Waals surface area (Å²) in [6.45, 7) is 3.25. The monoisotopic (exact) mass is 486 g/mol. The fourth-order valence-corrected chi connectivity index (χ4v) is 6.64. The Hall–Kier alpha value is -3.43. The van der Waals surface area contributed by atoms with Gasteiger partial charge in [0.1, 0.15) is 0 Å². The smallest absolute Gasteiger partial charge is 0.242 e. The molecule has 3 aromatic heterocycles. The molecule has 0 spiro atoms. The Morgan fingerprint density at radius 2 is 1.91 bits per heavy atom. The van der Waals surface area contributed by atoms with Crippen molar-refractivity contribution < 1.29 is 8.42 Å².